The molecule has 1 unspecified atom stereocenters. The van der Waals surface area contributed by atoms with Gasteiger partial charge in [-0.25, -0.2) is 4.99 Å². The number of hydrogen-bond acceptors (Lipinski definition) is 4. The van der Waals surface area contributed by atoms with E-state index in [-0.39, 0.29) is 17.7 Å². The molecule has 16 heavy (non-hydrogen) atoms. The summed E-state index contributed by atoms with van der Waals surface area (Å²) in [7, 11) is -1.26. The van der Waals surface area contributed by atoms with E-state index in [0.29, 0.717) is 6.61 Å². The van der Waals surface area contributed by atoms with Crippen molar-refractivity contribution in [2.24, 2.45) is 16.5 Å². The molecule has 0 radical (unpaired) electrons. The Morgan fingerprint density at radius 2 is 1.88 bits per heavy atom. The van der Waals surface area contributed by atoms with E-state index in [1.165, 1.54) is 0 Å². The average Bonchev–Trinajstić information content (AvgIpc) is 2.12. The van der Waals surface area contributed by atoms with Crippen molar-refractivity contribution >= 4 is 14.8 Å². The molecule has 96 valence electrons. The molecule has 0 aliphatic heterocycles. The molecule has 0 fully saturated rings. The van der Waals surface area contributed by atoms with Gasteiger partial charge in [-0.3, -0.25) is 0 Å². The summed E-state index contributed by atoms with van der Waals surface area (Å²) in [6.07, 6.45) is 0.233. The number of aliphatic imine (C=N–C) groups is 1. The first-order valence-corrected chi connectivity index (χ1v) is 7.12. The highest BCUT2D eigenvalue weighted by atomic mass is 28.4. The third kappa shape index (κ3) is 6.06. The lowest BCUT2D eigenvalue weighted by atomic mass is 10.2. The second-order valence-corrected chi connectivity index (χ2v) is 6.86. The lowest BCUT2D eigenvalue weighted by molar-refractivity contribution is 0.00908. The van der Waals surface area contributed by atoms with Gasteiger partial charge < -0.3 is 24.7 Å². The highest BCUT2D eigenvalue weighted by Gasteiger charge is 2.43. The molecule has 0 spiro atoms. The van der Waals surface area contributed by atoms with Crippen LogP contribution in [0.25, 0.3) is 0 Å². The molecule has 0 amide bonds. The minimum atomic E-state index is -2.82. The monoisotopic (exact) mass is 249 g/mol. The third-order valence-electron chi connectivity index (χ3n) is 1.59. The van der Waals surface area contributed by atoms with Crippen LogP contribution in [-0.4, -0.2) is 40.2 Å². The Morgan fingerprint density at radius 1 is 1.31 bits per heavy atom. The molecule has 0 heterocycles. The number of guanidine groups is 1. The van der Waals surface area contributed by atoms with Crippen molar-refractivity contribution in [1.82, 2.24) is 0 Å². The molecule has 0 rings (SSSR count). The molecule has 0 aromatic heterocycles. The molecule has 0 aliphatic carbocycles. The second-order valence-electron chi connectivity index (χ2n) is 4.28. The van der Waals surface area contributed by atoms with Crippen molar-refractivity contribution in [1.29, 1.82) is 0 Å². The smallest absolute Gasteiger partial charge is 0.376 e. The van der Waals surface area contributed by atoms with Gasteiger partial charge in [0.05, 0.1) is 5.60 Å². The normalized spacial score (nSPS) is 15.6. The van der Waals surface area contributed by atoms with Crippen molar-refractivity contribution < 1.29 is 13.3 Å². The summed E-state index contributed by atoms with van der Waals surface area (Å²) in [4.78, 5) is 3.93. The van der Waals surface area contributed by atoms with Gasteiger partial charge >= 0.3 is 8.80 Å². The Bertz CT molecular complexity index is 239. The summed E-state index contributed by atoms with van der Waals surface area (Å²) in [5.74, 6) is 0.00568. The maximum absolute atomic E-state index is 5.84. The van der Waals surface area contributed by atoms with E-state index in [4.69, 9.17) is 24.7 Å². The molecule has 0 saturated heterocycles. The Kier molecular flexibility index (Phi) is 5.94. The van der Waals surface area contributed by atoms with Gasteiger partial charge in [0.25, 0.3) is 0 Å². The zero-order valence-electron chi connectivity index (χ0n) is 10.7. The molecular formula is C9H23N3O3Si. The molecule has 0 aliphatic rings. The molecule has 0 bridgehead atoms. The van der Waals surface area contributed by atoms with E-state index in [1.807, 2.05) is 27.7 Å². The molecule has 6 nitrogen and oxygen atoms in total. The molecular weight excluding hydrogens is 226 g/mol. The van der Waals surface area contributed by atoms with E-state index >= 15 is 0 Å². The van der Waals surface area contributed by atoms with E-state index in [2.05, 4.69) is 4.99 Å². The number of hydrogen-bond donors (Lipinski definition) is 2. The number of nitrogens with zero attached hydrogens (tertiary/aromatic N) is 1. The summed E-state index contributed by atoms with van der Waals surface area (Å²) in [6, 6.07) is 0. The Hall–Kier alpha value is -0.633. The second kappa shape index (κ2) is 6.19. The van der Waals surface area contributed by atoms with Crippen LogP contribution in [-0.2, 0) is 13.3 Å². The molecule has 7 heteroatoms. The van der Waals surface area contributed by atoms with Crippen LogP contribution in [0.3, 0.4) is 0 Å². The van der Waals surface area contributed by atoms with Crippen LogP contribution < -0.4 is 11.5 Å². The molecule has 0 aromatic rings. The van der Waals surface area contributed by atoms with E-state index in [0.717, 1.165) is 0 Å². The maximum Gasteiger partial charge on any atom is 0.523 e. The van der Waals surface area contributed by atoms with Gasteiger partial charge in [0, 0.05) is 13.7 Å². The van der Waals surface area contributed by atoms with Crippen LogP contribution in [0.5, 0.6) is 0 Å². The zero-order valence-corrected chi connectivity index (χ0v) is 11.7. The zero-order chi connectivity index (χ0) is 12.8. The lowest BCUT2D eigenvalue weighted by Gasteiger charge is -2.33. The topological polar surface area (TPSA) is 92.1 Å². The highest BCUT2D eigenvalue weighted by Crippen LogP contribution is 2.19. The Balaban J connectivity index is 4.77. The molecule has 0 aromatic carbocycles. The largest absolute Gasteiger partial charge is 0.523 e. The van der Waals surface area contributed by atoms with Gasteiger partial charge in [-0.2, -0.15) is 0 Å². The van der Waals surface area contributed by atoms with Crippen LogP contribution in [0.4, 0.5) is 0 Å². The van der Waals surface area contributed by atoms with Crippen molar-refractivity contribution in [3.63, 3.8) is 0 Å². The van der Waals surface area contributed by atoms with Gasteiger partial charge in [-0.15, -0.1) is 0 Å². The van der Waals surface area contributed by atoms with E-state index in [9.17, 15) is 0 Å². The molecule has 0 saturated carbocycles. The first kappa shape index (κ1) is 15.4. The summed E-state index contributed by atoms with van der Waals surface area (Å²) < 4.78 is 16.8. The molecule has 1 atom stereocenters. The van der Waals surface area contributed by atoms with Crippen LogP contribution in [0.15, 0.2) is 4.99 Å². The minimum absolute atomic E-state index is 0.00568. The van der Waals surface area contributed by atoms with Crippen LogP contribution >= 0.6 is 0 Å². The quantitative estimate of drug-likeness (QED) is 0.399. The van der Waals surface area contributed by atoms with Crippen molar-refractivity contribution in [3.05, 3.63) is 0 Å². The average molecular weight is 249 g/mol. The van der Waals surface area contributed by atoms with Gasteiger partial charge in [0.15, 0.2) is 5.96 Å². The van der Waals surface area contributed by atoms with Gasteiger partial charge in [0.1, 0.15) is 6.17 Å². The van der Waals surface area contributed by atoms with Crippen molar-refractivity contribution in [2.75, 3.05) is 19.9 Å². The summed E-state index contributed by atoms with van der Waals surface area (Å²) in [6.45, 7) is 8.17. The van der Waals surface area contributed by atoms with Crippen LogP contribution in [0.1, 0.15) is 27.7 Å². The number of rotatable bonds is 6. The summed E-state index contributed by atoms with van der Waals surface area (Å²) in [5.41, 5.74) is 10.2. The first-order chi connectivity index (χ1) is 7.24. The fraction of sp³-hybridized carbons (Fsp3) is 0.889. The SMILES string of the molecule is CCO[Si](CN=C(N)N)(OC)OC(C)(C)C. The fourth-order valence-electron chi connectivity index (χ4n) is 1.15. The van der Waals surface area contributed by atoms with E-state index in [1.54, 1.807) is 7.11 Å². The van der Waals surface area contributed by atoms with Crippen LogP contribution in [0, 0.1) is 0 Å². The number of nitrogens with two attached hydrogens (primary N) is 2. The lowest BCUT2D eigenvalue weighted by Crippen LogP contribution is -2.53. The fourth-order valence-corrected chi connectivity index (χ4v) is 3.44. The Morgan fingerprint density at radius 3 is 2.19 bits per heavy atom. The summed E-state index contributed by atoms with van der Waals surface area (Å²) in [5, 5.41) is 0. The highest BCUT2D eigenvalue weighted by molar-refractivity contribution is 6.61. The standard InChI is InChI=1S/C9H23N3O3Si/c1-6-14-16(13-5,7-12-8(10)11)15-9(2,3)4/h6-7H2,1-5H3,(H4,10,11,12). The Labute approximate surface area is 98.3 Å². The van der Waals surface area contributed by atoms with E-state index < -0.39 is 8.80 Å². The van der Waals surface area contributed by atoms with Crippen molar-refractivity contribution in [2.45, 2.75) is 33.3 Å². The predicted octanol–water partition coefficient (Wildman–Crippen LogP) is 0.236. The van der Waals surface area contributed by atoms with Gasteiger partial charge in [-0.05, 0) is 27.7 Å². The minimum Gasteiger partial charge on any atom is -0.376 e. The van der Waals surface area contributed by atoms with Gasteiger partial charge in [0.2, 0.25) is 0 Å². The first-order valence-electron chi connectivity index (χ1n) is 5.19. The van der Waals surface area contributed by atoms with Crippen molar-refractivity contribution in [3.8, 4) is 0 Å². The van der Waals surface area contributed by atoms with Gasteiger partial charge in [-0.1, -0.05) is 0 Å². The predicted molar refractivity (Wildman–Crippen MR) is 65.9 cm³/mol. The summed E-state index contributed by atoms with van der Waals surface area (Å²) >= 11 is 0. The maximum atomic E-state index is 5.84. The molecule has 4 N–H and O–H groups in total. The third-order valence-corrected chi connectivity index (χ3v) is 4.41. The van der Waals surface area contributed by atoms with Crippen LogP contribution in [0.2, 0.25) is 0 Å².